The smallest absolute Gasteiger partial charge is 0.320 e. The fourth-order valence-corrected chi connectivity index (χ4v) is 5.28. The van der Waals surface area contributed by atoms with Crippen LogP contribution in [0.1, 0.15) is 53.7 Å². The van der Waals surface area contributed by atoms with Crippen LogP contribution in [0, 0.1) is 5.82 Å². The lowest BCUT2D eigenvalue weighted by atomic mass is 9.99. The molecule has 2 aromatic carbocycles. The Labute approximate surface area is 215 Å². The molecule has 1 saturated heterocycles. The first-order valence-electron chi connectivity index (χ1n) is 13.1. The number of rotatable bonds is 7. The molecule has 1 atom stereocenters. The summed E-state index contributed by atoms with van der Waals surface area (Å²) >= 11 is 0. The molecule has 0 saturated carbocycles. The van der Waals surface area contributed by atoms with Gasteiger partial charge in [0, 0.05) is 35.9 Å². The van der Waals surface area contributed by atoms with Gasteiger partial charge < -0.3 is 9.47 Å². The van der Waals surface area contributed by atoms with Crippen LogP contribution in [0.2, 0.25) is 0 Å². The number of likely N-dealkylation sites (tertiary alicyclic amines) is 1. The van der Waals surface area contributed by atoms with Crippen molar-refractivity contribution in [2.45, 2.75) is 38.5 Å². The fraction of sp³-hybridized carbons (Fsp3) is 0.414. The van der Waals surface area contributed by atoms with Crippen LogP contribution >= 0.6 is 0 Å². The van der Waals surface area contributed by atoms with Crippen LogP contribution < -0.4 is 4.74 Å². The first kappa shape index (κ1) is 25.1. The second kappa shape index (κ2) is 11.3. The number of hydrogen-bond acceptors (Lipinski definition) is 6. The molecule has 7 nitrogen and oxygen atoms in total. The van der Waals surface area contributed by atoms with E-state index in [9.17, 15) is 14.0 Å². The van der Waals surface area contributed by atoms with Crippen LogP contribution in [0.3, 0.4) is 0 Å². The van der Waals surface area contributed by atoms with Gasteiger partial charge in [-0.2, -0.15) is 0 Å². The maximum absolute atomic E-state index is 13.8. The minimum absolute atomic E-state index is 0.222. The highest BCUT2D eigenvalue weighted by Gasteiger charge is 2.33. The standard InChI is InChI=1S/C29H32FN3O4/c1-2-36-29(35)25-19-31-13-12-23-24-18-22(37-17-16-32-14-4-3-5-15-32)10-11-26(24)33(27(23)25)28(34)20-6-8-21(30)9-7-20/h6-11,18-19,25H,2-5,12-17H2,1H3. The number of piperidine rings is 1. The molecule has 1 aromatic heterocycles. The van der Waals surface area contributed by atoms with E-state index in [4.69, 9.17) is 9.47 Å². The molecule has 8 heteroatoms. The Hall–Kier alpha value is -3.52. The summed E-state index contributed by atoms with van der Waals surface area (Å²) in [7, 11) is 0. The summed E-state index contributed by atoms with van der Waals surface area (Å²) < 4.78 is 26.6. The number of halogens is 1. The summed E-state index contributed by atoms with van der Waals surface area (Å²) in [5.41, 5.74) is 2.43. The van der Waals surface area contributed by atoms with Crippen LogP contribution in [0.25, 0.3) is 10.9 Å². The van der Waals surface area contributed by atoms with Gasteiger partial charge in [0.2, 0.25) is 0 Å². The van der Waals surface area contributed by atoms with Crippen LogP contribution in [0.4, 0.5) is 4.39 Å². The van der Waals surface area contributed by atoms with Crippen molar-refractivity contribution in [1.29, 1.82) is 0 Å². The third-order valence-electron chi connectivity index (χ3n) is 7.08. The van der Waals surface area contributed by atoms with E-state index in [-0.39, 0.29) is 12.5 Å². The van der Waals surface area contributed by atoms with Crippen molar-refractivity contribution in [1.82, 2.24) is 9.47 Å². The number of nitrogens with zero attached hydrogens (tertiary/aromatic N) is 3. The summed E-state index contributed by atoms with van der Waals surface area (Å²) in [4.78, 5) is 33.6. The predicted molar refractivity (Wildman–Crippen MR) is 140 cm³/mol. The Morgan fingerprint density at radius 1 is 1.08 bits per heavy atom. The van der Waals surface area contributed by atoms with Gasteiger partial charge in [0.1, 0.15) is 24.1 Å². The third-order valence-corrected chi connectivity index (χ3v) is 7.08. The molecule has 37 heavy (non-hydrogen) atoms. The van der Waals surface area contributed by atoms with E-state index in [1.165, 1.54) is 43.5 Å². The minimum Gasteiger partial charge on any atom is -0.492 e. The van der Waals surface area contributed by atoms with Gasteiger partial charge in [0.05, 0.1) is 12.1 Å². The Bertz CT molecular complexity index is 1310. The second-order valence-corrected chi connectivity index (χ2v) is 9.48. The highest BCUT2D eigenvalue weighted by atomic mass is 19.1. The SMILES string of the molecule is CCOC(=O)C1C=NCCc2c1n(C(=O)c1ccc(F)cc1)c1ccc(OCCN3CCCCC3)cc21. The number of carbonyl (C=O) groups is 2. The van der Waals surface area contributed by atoms with Crippen molar-refractivity contribution >= 4 is 29.0 Å². The largest absolute Gasteiger partial charge is 0.492 e. The van der Waals surface area contributed by atoms with E-state index in [2.05, 4.69) is 9.89 Å². The zero-order valence-corrected chi connectivity index (χ0v) is 21.1. The zero-order valence-electron chi connectivity index (χ0n) is 21.1. The summed E-state index contributed by atoms with van der Waals surface area (Å²) in [5.74, 6) is -1.32. The van der Waals surface area contributed by atoms with Crippen molar-refractivity contribution in [2.75, 3.05) is 39.4 Å². The van der Waals surface area contributed by atoms with Gasteiger partial charge >= 0.3 is 5.97 Å². The third kappa shape index (κ3) is 5.30. The molecular formula is C29H32FN3O4. The van der Waals surface area contributed by atoms with Crippen LogP contribution in [0.15, 0.2) is 47.5 Å². The van der Waals surface area contributed by atoms with E-state index < -0.39 is 17.7 Å². The molecule has 0 N–H and O–H groups in total. The van der Waals surface area contributed by atoms with Crippen molar-refractivity contribution < 1.29 is 23.5 Å². The molecule has 3 heterocycles. The number of fused-ring (bicyclic) bond motifs is 3. The van der Waals surface area contributed by atoms with Gasteiger partial charge in [-0.3, -0.25) is 24.0 Å². The number of hydrogen-bond donors (Lipinski definition) is 0. The average Bonchev–Trinajstić information content (AvgIpc) is 3.06. The molecule has 0 aliphatic carbocycles. The molecule has 5 rings (SSSR count). The van der Waals surface area contributed by atoms with E-state index in [1.807, 2.05) is 18.2 Å². The number of ether oxygens (including phenoxy) is 2. The first-order chi connectivity index (χ1) is 18.1. The fourth-order valence-electron chi connectivity index (χ4n) is 5.28. The first-order valence-corrected chi connectivity index (χ1v) is 13.1. The molecule has 1 unspecified atom stereocenters. The molecule has 1 fully saturated rings. The van der Waals surface area contributed by atoms with Crippen LogP contribution in [-0.2, 0) is 16.0 Å². The number of carbonyl (C=O) groups excluding carboxylic acids is 2. The number of esters is 1. The van der Waals surface area contributed by atoms with Gasteiger partial charge in [0.25, 0.3) is 5.91 Å². The van der Waals surface area contributed by atoms with Crippen molar-refractivity contribution in [3.63, 3.8) is 0 Å². The molecule has 0 spiro atoms. The number of aliphatic imine (C=N–C) groups is 1. The lowest BCUT2D eigenvalue weighted by Gasteiger charge is -2.26. The minimum atomic E-state index is -0.822. The number of aromatic nitrogens is 1. The Morgan fingerprint density at radius 2 is 1.86 bits per heavy atom. The highest BCUT2D eigenvalue weighted by molar-refractivity contribution is 6.07. The van der Waals surface area contributed by atoms with Crippen LogP contribution in [0.5, 0.6) is 5.75 Å². The molecule has 3 aromatic rings. The molecule has 0 radical (unpaired) electrons. The van der Waals surface area contributed by atoms with E-state index >= 15 is 0 Å². The van der Waals surface area contributed by atoms with Gasteiger partial charge in [-0.25, -0.2) is 4.39 Å². The van der Waals surface area contributed by atoms with Gasteiger partial charge in [-0.05, 0) is 87.3 Å². The topological polar surface area (TPSA) is 73.1 Å². The summed E-state index contributed by atoms with van der Waals surface area (Å²) in [6, 6.07) is 11.1. The second-order valence-electron chi connectivity index (χ2n) is 9.48. The Kier molecular flexibility index (Phi) is 7.65. The van der Waals surface area contributed by atoms with E-state index in [0.29, 0.717) is 36.3 Å². The summed E-state index contributed by atoms with van der Waals surface area (Å²) in [5, 5.41) is 0.848. The van der Waals surface area contributed by atoms with E-state index in [1.54, 1.807) is 17.7 Å². The van der Waals surface area contributed by atoms with Gasteiger partial charge in [-0.1, -0.05) is 6.42 Å². The molecular weight excluding hydrogens is 473 g/mol. The predicted octanol–water partition coefficient (Wildman–Crippen LogP) is 4.61. The molecule has 0 amide bonds. The molecule has 0 bridgehead atoms. The normalized spacial score (nSPS) is 17.8. The Balaban J connectivity index is 1.55. The maximum atomic E-state index is 13.8. The average molecular weight is 506 g/mol. The molecule has 194 valence electrons. The van der Waals surface area contributed by atoms with Crippen molar-refractivity contribution in [3.05, 3.63) is 65.1 Å². The lowest BCUT2D eigenvalue weighted by Crippen LogP contribution is -2.33. The quantitative estimate of drug-likeness (QED) is 0.439. The van der Waals surface area contributed by atoms with Gasteiger partial charge in [0.15, 0.2) is 0 Å². The molecule has 2 aliphatic rings. The lowest BCUT2D eigenvalue weighted by molar-refractivity contribution is -0.143. The van der Waals surface area contributed by atoms with Crippen molar-refractivity contribution in [3.8, 4) is 5.75 Å². The van der Waals surface area contributed by atoms with Gasteiger partial charge in [-0.15, -0.1) is 0 Å². The summed E-state index contributed by atoms with van der Waals surface area (Å²) in [6.45, 7) is 6.14. The zero-order chi connectivity index (χ0) is 25.8. The maximum Gasteiger partial charge on any atom is 0.320 e. The van der Waals surface area contributed by atoms with Crippen LogP contribution in [-0.4, -0.2) is 67.0 Å². The van der Waals surface area contributed by atoms with E-state index in [0.717, 1.165) is 36.3 Å². The molecule has 2 aliphatic heterocycles. The van der Waals surface area contributed by atoms with Crippen molar-refractivity contribution in [2.24, 2.45) is 4.99 Å². The summed E-state index contributed by atoms with van der Waals surface area (Å²) in [6.07, 6.45) is 5.91. The highest BCUT2D eigenvalue weighted by Crippen LogP contribution is 2.36. The Morgan fingerprint density at radius 3 is 2.62 bits per heavy atom. The number of benzene rings is 2. The monoisotopic (exact) mass is 505 g/mol.